The standard InChI is InChI=1S/C17H13N5O2/c23-17(24)12-3-1-11(2-4-12)10-22-8-7-13-9-14(5-6-15(13)22)16-18-20-21-19-16/h1-9H,10H2,(H,23,24)(H,18,19,20,21). The highest BCUT2D eigenvalue weighted by Crippen LogP contribution is 2.23. The van der Waals surface area contributed by atoms with E-state index in [4.69, 9.17) is 5.11 Å². The van der Waals surface area contributed by atoms with Gasteiger partial charge in [-0.15, -0.1) is 10.2 Å². The van der Waals surface area contributed by atoms with Crippen molar-refractivity contribution >= 4 is 16.9 Å². The Morgan fingerprint density at radius 3 is 2.67 bits per heavy atom. The Hall–Kier alpha value is -3.48. The molecule has 2 aromatic carbocycles. The van der Waals surface area contributed by atoms with Crippen molar-refractivity contribution in [2.45, 2.75) is 6.54 Å². The van der Waals surface area contributed by atoms with Crippen molar-refractivity contribution in [1.82, 2.24) is 25.2 Å². The number of nitrogens with one attached hydrogen (secondary N) is 1. The fourth-order valence-corrected chi connectivity index (χ4v) is 2.71. The number of carbonyl (C=O) groups is 1. The van der Waals surface area contributed by atoms with Gasteiger partial charge in [0.1, 0.15) is 0 Å². The second-order valence-electron chi connectivity index (χ2n) is 5.45. The van der Waals surface area contributed by atoms with E-state index in [0.29, 0.717) is 17.9 Å². The first-order valence-corrected chi connectivity index (χ1v) is 7.36. The summed E-state index contributed by atoms with van der Waals surface area (Å²) in [5, 5.41) is 24.0. The maximum atomic E-state index is 10.9. The molecule has 24 heavy (non-hydrogen) atoms. The number of fused-ring (bicyclic) bond motifs is 1. The van der Waals surface area contributed by atoms with Crippen molar-refractivity contribution in [3.63, 3.8) is 0 Å². The molecule has 0 atom stereocenters. The number of benzene rings is 2. The van der Waals surface area contributed by atoms with Gasteiger partial charge in [0.05, 0.1) is 5.56 Å². The highest BCUT2D eigenvalue weighted by atomic mass is 16.4. The number of hydrogen-bond donors (Lipinski definition) is 2. The van der Waals surface area contributed by atoms with Gasteiger partial charge in [-0.2, -0.15) is 5.21 Å². The van der Waals surface area contributed by atoms with Crippen LogP contribution >= 0.6 is 0 Å². The molecule has 0 unspecified atom stereocenters. The van der Waals surface area contributed by atoms with Gasteiger partial charge < -0.3 is 9.67 Å². The molecule has 0 aliphatic heterocycles. The lowest BCUT2D eigenvalue weighted by molar-refractivity contribution is 0.0697. The zero-order valence-electron chi connectivity index (χ0n) is 12.5. The topological polar surface area (TPSA) is 96.7 Å². The smallest absolute Gasteiger partial charge is 0.335 e. The van der Waals surface area contributed by atoms with Crippen LogP contribution in [0, 0.1) is 0 Å². The van der Waals surface area contributed by atoms with E-state index in [9.17, 15) is 4.79 Å². The van der Waals surface area contributed by atoms with E-state index in [1.807, 2.05) is 42.6 Å². The van der Waals surface area contributed by atoms with Gasteiger partial charge in [-0.05, 0) is 47.2 Å². The Morgan fingerprint density at radius 2 is 1.96 bits per heavy atom. The Balaban J connectivity index is 1.64. The van der Waals surface area contributed by atoms with Crippen LogP contribution in [0.1, 0.15) is 15.9 Å². The number of aromatic nitrogens is 5. The predicted octanol–water partition coefficient (Wildman–Crippen LogP) is 2.57. The van der Waals surface area contributed by atoms with Crippen LogP contribution in [0.4, 0.5) is 0 Å². The van der Waals surface area contributed by atoms with Gasteiger partial charge in [0.2, 0.25) is 5.82 Å². The van der Waals surface area contributed by atoms with Crippen LogP contribution < -0.4 is 0 Å². The summed E-state index contributed by atoms with van der Waals surface area (Å²) in [6, 6.07) is 14.9. The molecule has 0 bridgehead atoms. The van der Waals surface area contributed by atoms with Crippen molar-refractivity contribution in [3.05, 3.63) is 65.9 Å². The van der Waals surface area contributed by atoms with Crippen LogP contribution in [0.25, 0.3) is 22.3 Å². The molecule has 0 aliphatic rings. The first kappa shape index (κ1) is 14.1. The molecule has 2 aromatic heterocycles. The predicted molar refractivity (Wildman–Crippen MR) is 87.6 cm³/mol. The fourth-order valence-electron chi connectivity index (χ4n) is 2.71. The van der Waals surface area contributed by atoms with Crippen molar-refractivity contribution < 1.29 is 9.90 Å². The Labute approximate surface area is 136 Å². The molecule has 7 heteroatoms. The third-order valence-electron chi connectivity index (χ3n) is 3.93. The van der Waals surface area contributed by atoms with Crippen LogP contribution in [0.5, 0.6) is 0 Å². The van der Waals surface area contributed by atoms with Crippen molar-refractivity contribution in [3.8, 4) is 11.4 Å². The third-order valence-corrected chi connectivity index (χ3v) is 3.93. The molecule has 4 rings (SSSR count). The van der Waals surface area contributed by atoms with Gasteiger partial charge >= 0.3 is 5.97 Å². The quantitative estimate of drug-likeness (QED) is 0.602. The summed E-state index contributed by atoms with van der Waals surface area (Å²) in [4.78, 5) is 10.9. The summed E-state index contributed by atoms with van der Waals surface area (Å²) >= 11 is 0. The number of tetrazole rings is 1. The van der Waals surface area contributed by atoms with Gasteiger partial charge in [0.25, 0.3) is 0 Å². The fraction of sp³-hybridized carbons (Fsp3) is 0.0588. The second kappa shape index (κ2) is 5.62. The first-order valence-electron chi connectivity index (χ1n) is 7.36. The SMILES string of the molecule is O=C(O)c1ccc(Cn2ccc3cc(-c4nn[nH]n4)ccc32)cc1. The number of rotatable bonds is 4. The summed E-state index contributed by atoms with van der Waals surface area (Å²) in [6.45, 7) is 0.672. The summed E-state index contributed by atoms with van der Waals surface area (Å²) in [5.74, 6) is -0.351. The lowest BCUT2D eigenvalue weighted by atomic mass is 10.1. The van der Waals surface area contributed by atoms with Crippen LogP contribution in [0.2, 0.25) is 0 Å². The molecule has 118 valence electrons. The number of H-pyrrole nitrogens is 1. The van der Waals surface area contributed by atoms with Crippen LogP contribution in [-0.2, 0) is 6.54 Å². The van der Waals surface area contributed by atoms with E-state index >= 15 is 0 Å². The molecular weight excluding hydrogens is 306 g/mol. The average molecular weight is 319 g/mol. The summed E-state index contributed by atoms with van der Waals surface area (Å²) in [5.41, 5.74) is 3.32. The van der Waals surface area contributed by atoms with E-state index in [1.54, 1.807) is 12.1 Å². The highest BCUT2D eigenvalue weighted by Gasteiger charge is 2.08. The van der Waals surface area contributed by atoms with Crippen molar-refractivity contribution in [2.75, 3.05) is 0 Å². The normalized spacial score (nSPS) is 11.0. The molecule has 0 amide bonds. The van der Waals surface area contributed by atoms with Crippen LogP contribution in [0.15, 0.2) is 54.7 Å². The maximum absolute atomic E-state index is 10.9. The second-order valence-corrected chi connectivity index (χ2v) is 5.45. The minimum atomic E-state index is -0.915. The third kappa shape index (κ3) is 2.52. The van der Waals surface area contributed by atoms with Gasteiger partial charge in [0.15, 0.2) is 0 Å². The molecule has 0 fully saturated rings. The molecule has 2 N–H and O–H groups in total. The molecule has 2 heterocycles. The van der Waals surface area contributed by atoms with Crippen LogP contribution in [-0.4, -0.2) is 36.3 Å². The minimum Gasteiger partial charge on any atom is -0.478 e. The highest BCUT2D eigenvalue weighted by molar-refractivity contribution is 5.87. The molecule has 0 radical (unpaired) electrons. The van der Waals surface area contributed by atoms with E-state index in [1.165, 1.54) is 0 Å². The largest absolute Gasteiger partial charge is 0.478 e. The molecule has 7 nitrogen and oxygen atoms in total. The molecule has 4 aromatic rings. The zero-order valence-corrected chi connectivity index (χ0v) is 12.5. The lowest BCUT2D eigenvalue weighted by Crippen LogP contribution is -2.00. The minimum absolute atomic E-state index is 0.292. The van der Waals surface area contributed by atoms with Crippen molar-refractivity contribution in [2.24, 2.45) is 0 Å². The number of hydrogen-bond acceptors (Lipinski definition) is 4. The van der Waals surface area contributed by atoms with E-state index in [-0.39, 0.29) is 0 Å². The molecule has 0 saturated carbocycles. The number of aromatic carboxylic acids is 1. The molecular formula is C17H13N5O2. The van der Waals surface area contributed by atoms with Crippen LogP contribution in [0.3, 0.4) is 0 Å². The number of carboxylic acid groups (broad SMARTS) is 1. The summed E-state index contributed by atoms with van der Waals surface area (Å²) in [6.07, 6.45) is 2.01. The maximum Gasteiger partial charge on any atom is 0.335 e. The lowest BCUT2D eigenvalue weighted by Gasteiger charge is -2.06. The zero-order chi connectivity index (χ0) is 16.5. The van der Waals surface area contributed by atoms with Gasteiger partial charge in [-0.1, -0.05) is 12.1 Å². The number of aromatic amines is 1. The van der Waals surface area contributed by atoms with Gasteiger partial charge in [-0.25, -0.2) is 4.79 Å². The van der Waals surface area contributed by atoms with E-state index in [0.717, 1.165) is 22.0 Å². The molecule has 0 aliphatic carbocycles. The Morgan fingerprint density at radius 1 is 1.12 bits per heavy atom. The molecule has 0 saturated heterocycles. The van der Waals surface area contributed by atoms with E-state index < -0.39 is 5.97 Å². The Bertz CT molecular complexity index is 1000. The number of nitrogens with zero attached hydrogens (tertiary/aromatic N) is 4. The first-order chi connectivity index (χ1) is 11.7. The molecule has 0 spiro atoms. The summed E-state index contributed by atoms with van der Waals surface area (Å²) in [7, 11) is 0. The Kier molecular flexibility index (Phi) is 3.31. The van der Waals surface area contributed by atoms with Gasteiger partial charge in [0, 0.05) is 29.2 Å². The number of carboxylic acids is 1. The van der Waals surface area contributed by atoms with Gasteiger partial charge in [-0.3, -0.25) is 0 Å². The van der Waals surface area contributed by atoms with Crippen molar-refractivity contribution in [1.29, 1.82) is 0 Å². The summed E-state index contributed by atoms with van der Waals surface area (Å²) < 4.78 is 2.12. The van der Waals surface area contributed by atoms with E-state index in [2.05, 4.69) is 25.2 Å². The monoisotopic (exact) mass is 319 g/mol. The average Bonchev–Trinajstić information content (AvgIpc) is 3.25.